The first-order valence-electron chi connectivity index (χ1n) is 3.82. The minimum absolute atomic E-state index is 0.333. The van der Waals surface area contributed by atoms with E-state index in [1.54, 1.807) is 4.90 Å². The molecule has 62 valence electrons. The highest BCUT2D eigenvalue weighted by atomic mass is 127. The summed E-state index contributed by atoms with van der Waals surface area (Å²) >= 11 is 2.44. The first-order chi connectivity index (χ1) is 5.18. The van der Waals surface area contributed by atoms with Crippen molar-refractivity contribution in [3.05, 3.63) is 0 Å². The van der Waals surface area contributed by atoms with E-state index in [0.717, 1.165) is 19.4 Å². The zero-order valence-electron chi connectivity index (χ0n) is 6.03. The molecule has 11 heavy (non-hydrogen) atoms. The van der Waals surface area contributed by atoms with Crippen LogP contribution in [0.4, 0.5) is 4.79 Å². The summed E-state index contributed by atoms with van der Waals surface area (Å²) < 4.78 is 0.716. The molecule has 2 aliphatic rings. The first kappa shape index (κ1) is 7.64. The summed E-state index contributed by atoms with van der Waals surface area (Å²) in [7, 11) is 0. The number of likely N-dealkylation sites (tertiary alicyclic amines) is 1. The van der Waals surface area contributed by atoms with E-state index >= 15 is 0 Å². The van der Waals surface area contributed by atoms with Crippen molar-refractivity contribution in [1.29, 1.82) is 0 Å². The summed E-state index contributed by atoms with van der Waals surface area (Å²) in [6.07, 6.45) is 1.43. The van der Waals surface area contributed by atoms with Crippen molar-refractivity contribution in [3.63, 3.8) is 0 Å². The molecule has 1 saturated heterocycles. The fourth-order valence-corrected chi connectivity index (χ4v) is 3.23. The molecule has 2 rings (SSSR count). The Labute approximate surface area is 78.9 Å². The Kier molecular flexibility index (Phi) is 1.74. The summed E-state index contributed by atoms with van der Waals surface area (Å²) in [4.78, 5) is 12.2. The molecular weight excluding hydrogens is 257 g/mol. The molecule has 2 bridgehead atoms. The van der Waals surface area contributed by atoms with Crippen LogP contribution in [0.15, 0.2) is 0 Å². The van der Waals surface area contributed by atoms with Crippen LogP contribution in [-0.4, -0.2) is 32.6 Å². The lowest BCUT2D eigenvalue weighted by atomic mass is 10.1. The molecular formula is C7H10INO2. The zero-order valence-corrected chi connectivity index (χ0v) is 8.19. The van der Waals surface area contributed by atoms with E-state index in [1.165, 1.54) is 0 Å². The largest absolute Gasteiger partial charge is 0.465 e. The predicted molar refractivity (Wildman–Crippen MR) is 49.1 cm³/mol. The molecule has 1 aliphatic carbocycles. The number of amides is 1. The number of carbonyl (C=O) groups is 1. The van der Waals surface area contributed by atoms with Crippen LogP contribution >= 0.6 is 22.6 Å². The quantitative estimate of drug-likeness (QED) is 0.534. The molecule has 1 N–H and O–H groups in total. The van der Waals surface area contributed by atoms with Gasteiger partial charge in [-0.25, -0.2) is 4.79 Å². The number of piperidine rings is 1. The lowest BCUT2D eigenvalue weighted by Gasteiger charge is -2.26. The second-order valence-corrected chi connectivity index (χ2v) is 4.94. The third-order valence-corrected chi connectivity index (χ3v) is 4.23. The number of alkyl halides is 1. The SMILES string of the molecule is O=C(O)N1C[C@@H]2C[C@H]1C[C@H]2I. The van der Waals surface area contributed by atoms with Crippen molar-refractivity contribution in [2.45, 2.75) is 22.8 Å². The van der Waals surface area contributed by atoms with Gasteiger partial charge in [0.2, 0.25) is 0 Å². The molecule has 0 radical (unpaired) electrons. The Morgan fingerprint density at radius 2 is 2.27 bits per heavy atom. The summed E-state index contributed by atoms with van der Waals surface area (Å²) in [6.45, 7) is 0.771. The van der Waals surface area contributed by atoms with Crippen LogP contribution in [0.2, 0.25) is 0 Å². The molecule has 0 aromatic heterocycles. The lowest BCUT2D eigenvalue weighted by Crippen LogP contribution is -2.39. The maximum absolute atomic E-state index is 10.6. The summed E-state index contributed by atoms with van der Waals surface area (Å²) in [5.41, 5.74) is 0. The molecule has 1 saturated carbocycles. The van der Waals surface area contributed by atoms with Gasteiger partial charge in [0.15, 0.2) is 0 Å². The third-order valence-electron chi connectivity index (χ3n) is 2.70. The van der Waals surface area contributed by atoms with Crippen LogP contribution in [0, 0.1) is 5.92 Å². The summed E-state index contributed by atoms with van der Waals surface area (Å²) in [5.74, 6) is 0.636. The Bertz CT molecular complexity index is 195. The van der Waals surface area contributed by atoms with Crippen LogP contribution < -0.4 is 0 Å². The fraction of sp³-hybridized carbons (Fsp3) is 0.857. The van der Waals surface area contributed by atoms with Gasteiger partial charge in [0.05, 0.1) is 0 Å². The van der Waals surface area contributed by atoms with Crippen LogP contribution in [0.5, 0.6) is 0 Å². The Balaban J connectivity index is 2.08. The average molecular weight is 267 g/mol. The van der Waals surface area contributed by atoms with Crippen LogP contribution in [-0.2, 0) is 0 Å². The highest BCUT2D eigenvalue weighted by molar-refractivity contribution is 14.1. The molecule has 3 nitrogen and oxygen atoms in total. The van der Waals surface area contributed by atoms with Gasteiger partial charge >= 0.3 is 6.09 Å². The van der Waals surface area contributed by atoms with Gasteiger partial charge in [0, 0.05) is 16.5 Å². The number of hydrogen-bond donors (Lipinski definition) is 1. The normalized spacial score (nSPS) is 41.5. The van der Waals surface area contributed by atoms with Gasteiger partial charge in [-0.1, -0.05) is 22.6 Å². The van der Waals surface area contributed by atoms with E-state index in [2.05, 4.69) is 22.6 Å². The minimum Gasteiger partial charge on any atom is -0.465 e. The van der Waals surface area contributed by atoms with E-state index in [-0.39, 0.29) is 0 Å². The van der Waals surface area contributed by atoms with Crippen LogP contribution in [0.3, 0.4) is 0 Å². The molecule has 1 aliphatic heterocycles. The van der Waals surface area contributed by atoms with Crippen molar-refractivity contribution in [1.82, 2.24) is 4.90 Å². The number of carboxylic acid groups (broad SMARTS) is 1. The molecule has 1 heterocycles. The Hall–Kier alpha value is 0. The number of nitrogens with zero attached hydrogens (tertiary/aromatic N) is 1. The zero-order chi connectivity index (χ0) is 8.01. The van der Waals surface area contributed by atoms with E-state index in [0.29, 0.717) is 15.9 Å². The Morgan fingerprint density at radius 3 is 2.64 bits per heavy atom. The van der Waals surface area contributed by atoms with E-state index in [4.69, 9.17) is 5.11 Å². The molecule has 2 fully saturated rings. The number of hydrogen-bond acceptors (Lipinski definition) is 1. The Morgan fingerprint density at radius 1 is 1.55 bits per heavy atom. The lowest BCUT2D eigenvalue weighted by molar-refractivity contribution is 0.132. The molecule has 0 aromatic carbocycles. The van der Waals surface area contributed by atoms with Gasteiger partial charge in [-0.2, -0.15) is 0 Å². The average Bonchev–Trinajstić information content (AvgIpc) is 2.43. The standard InChI is InChI=1S/C7H10INO2/c8-6-2-5-1-4(6)3-9(5)7(10)11/h4-6H,1-3H2,(H,10,11)/t4-,5-,6+/m0/s1. The smallest absolute Gasteiger partial charge is 0.407 e. The number of fused-ring (bicyclic) bond motifs is 2. The molecule has 1 amide bonds. The highest BCUT2D eigenvalue weighted by Gasteiger charge is 2.45. The molecule has 0 spiro atoms. The second kappa shape index (κ2) is 2.50. The van der Waals surface area contributed by atoms with Gasteiger partial charge < -0.3 is 10.0 Å². The summed E-state index contributed by atoms with van der Waals surface area (Å²) in [5, 5.41) is 8.75. The topological polar surface area (TPSA) is 40.5 Å². The van der Waals surface area contributed by atoms with E-state index in [1.807, 2.05) is 0 Å². The van der Waals surface area contributed by atoms with Gasteiger partial charge in [-0.15, -0.1) is 0 Å². The number of halogens is 1. The van der Waals surface area contributed by atoms with Gasteiger partial charge in [0.25, 0.3) is 0 Å². The third kappa shape index (κ3) is 1.11. The number of rotatable bonds is 0. The fourth-order valence-electron chi connectivity index (χ4n) is 2.13. The molecule has 0 aromatic rings. The summed E-state index contributed by atoms with van der Waals surface area (Å²) in [6, 6.07) is 0.333. The van der Waals surface area contributed by atoms with Crippen molar-refractivity contribution >= 4 is 28.7 Å². The first-order valence-corrected chi connectivity index (χ1v) is 5.06. The van der Waals surface area contributed by atoms with Crippen molar-refractivity contribution < 1.29 is 9.90 Å². The second-order valence-electron chi connectivity index (χ2n) is 3.34. The molecule has 4 heteroatoms. The van der Waals surface area contributed by atoms with Crippen molar-refractivity contribution in [2.75, 3.05) is 6.54 Å². The van der Waals surface area contributed by atoms with Gasteiger partial charge in [-0.05, 0) is 18.8 Å². The van der Waals surface area contributed by atoms with Crippen molar-refractivity contribution in [2.24, 2.45) is 5.92 Å². The van der Waals surface area contributed by atoms with Crippen molar-refractivity contribution in [3.8, 4) is 0 Å². The highest BCUT2D eigenvalue weighted by Crippen LogP contribution is 2.41. The van der Waals surface area contributed by atoms with E-state index < -0.39 is 6.09 Å². The molecule has 3 atom stereocenters. The van der Waals surface area contributed by atoms with Gasteiger partial charge in [0.1, 0.15) is 0 Å². The monoisotopic (exact) mass is 267 g/mol. The van der Waals surface area contributed by atoms with E-state index in [9.17, 15) is 4.79 Å². The maximum atomic E-state index is 10.6. The van der Waals surface area contributed by atoms with Gasteiger partial charge in [-0.3, -0.25) is 0 Å². The van der Waals surface area contributed by atoms with Crippen LogP contribution in [0.25, 0.3) is 0 Å². The maximum Gasteiger partial charge on any atom is 0.407 e. The predicted octanol–water partition coefficient (Wildman–Crippen LogP) is 1.56. The van der Waals surface area contributed by atoms with Crippen LogP contribution in [0.1, 0.15) is 12.8 Å². The molecule has 0 unspecified atom stereocenters. The minimum atomic E-state index is -0.735.